The number of fused-ring (bicyclic) bond motifs is 5. The first-order chi connectivity index (χ1) is 18.5. The summed E-state index contributed by atoms with van der Waals surface area (Å²) in [6, 6.07) is 0.710. The Bertz CT molecular complexity index is 945. The van der Waals surface area contributed by atoms with Gasteiger partial charge in [0.1, 0.15) is 12.1 Å². The average Bonchev–Trinajstić information content (AvgIpc) is 3.46. The van der Waals surface area contributed by atoms with Crippen LogP contribution in [0.1, 0.15) is 85.5 Å². The summed E-state index contributed by atoms with van der Waals surface area (Å²) in [5.41, 5.74) is 0.327. The van der Waals surface area contributed by atoms with Gasteiger partial charge in [-0.1, -0.05) is 13.8 Å². The van der Waals surface area contributed by atoms with Crippen molar-refractivity contribution >= 4 is 11.9 Å². The summed E-state index contributed by atoms with van der Waals surface area (Å²) in [6.45, 7) is 14.1. The molecule has 2 heterocycles. The van der Waals surface area contributed by atoms with Crippen LogP contribution in [0, 0.1) is 34.5 Å². The molecule has 5 unspecified atom stereocenters. The Balaban J connectivity index is 1.29. The van der Waals surface area contributed by atoms with Gasteiger partial charge < -0.3 is 18.7 Å². The van der Waals surface area contributed by atoms with E-state index in [0.717, 1.165) is 50.0 Å². The first-order valence-corrected chi connectivity index (χ1v) is 16.1. The molecule has 7 nitrogen and oxygen atoms in total. The molecule has 2 saturated heterocycles. The van der Waals surface area contributed by atoms with Crippen molar-refractivity contribution in [2.24, 2.45) is 34.5 Å². The standard InChI is InChI=1S/C32H53N2O5/c1-21(35)38-29-18-23-8-9-24-25(32(23,4)20-27(29)33-12-16-37-17-13-33)10-11-31(3)26(24)19-28(30(31)39-22(2)36)34(5)14-6-7-15-34/h23-30H,6-20H2,1-5H3/q+1/t23?,24-,25-,26+,27?,28?,29?,30?,31+,32+/m1/s1. The maximum atomic E-state index is 12.4. The number of rotatable bonds is 4. The predicted molar refractivity (Wildman–Crippen MR) is 149 cm³/mol. The fourth-order valence-electron chi connectivity index (χ4n) is 11.2. The third-order valence-corrected chi connectivity index (χ3v) is 13.1. The smallest absolute Gasteiger partial charge is 0.303 e. The SMILES string of the molecule is CC(=O)OC1CC2CC[C@@H]3[C@@H](CC[C@]4(C)C(OC(C)=O)C([N+]5(C)CCCC5)C[C@@H]34)[C@@]2(C)CC1N1CCOCC1. The summed E-state index contributed by atoms with van der Waals surface area (Å²) in [4.78, 5) is 27.1. The number of likely N-dealkylation sites (N-methyl/N-ethyl adjacent to an activating group) is 1. The van der Waals surface area contributed by atoms with E-state index < -0.39 is 0 Å². The third kappa shape index (κ3) is 4.67. The second-order valence-corrected chi connectivity index (χ2v) is 15.0. The lowest BCUT2D eigenvalue weighted by Crippen LogP contribution is -2.61. The van der Waals surface area contributed by atoms with E-state index in [0.29, 0.717) is 29.7 Å². The van der Waals surface area contributed by atoms with Gasteiger partial charge in [-0.05, 0) is 67.6 Å². The van der Waals surface area contributed by atoms with E-state index in [2.05, 4.69) is 25.8 Å². The summed E-state index contributed by atoms with van der Waals surface area (Å²) in [5.74, 6) is 2.36. The van der Waals surface area contributed by atoms with E-state index >= 15 is 0 Å². The molecule has 4 aliphatic carbocycles. The van der Waals surface area contributed by atoms with Crippen molar-refractivity contribution in [2.75, 3.05) is 46.4 Å². The Hall–Kier alpha value is -1.18. The van der Waals surface area contributed by atoms with Crippen LogP contribution in [0.25, 0.3) is 0 Å². The first-order valence-electron chi connectivity index (χ1n) is 16.1. The molecule has 0 amide bonds. The molecule has 10 atom stereocenters. The summed E-state index contributed by atoms with van der Waals surface area (Å²) in [5, 5.41) is 0. The van der Waals surface area contributed by atoms with Crippen LogP contribution in [0.3, 0.4) is 0 Å². The molecule has 0 spiro atoms. The maximum absolute atomic E-state index is 12.4. The minimum atomic E-state index is -0.143. The van der Waals surface area contributed by atoms with Crippen LogP contribution in [0.4, 0.5) is 0 Å². The van der Waals surface area contributed by atoms with Gasteiger partial charge in [0.15, 0.2) is 6.10 Å². The van der Waals surface area contributed by atoms with E-state index in [1.165, 1.54) is 51.6 Å². The second kappa shape index (κ2) is 10.3. The largest absolute Gasteiger partial charge is 0.461 e. The first kappa shape index (κ1) is 28.0. The number of morpholine rings is 1. The molecular weight excluding hydrogens is 492 g/mol. The molecule has 0 aromatic heterocycles. The summed E-state index contributed by atoms with van der Waals surface area (Å²) < 4.78 is 19.1. The molecule has 0 aromatic rings. The van der Waals surface area contributed by atoms with E-state index in [4.69, 9.17) is 14.2 Å². The molecule has 7 heteroatoms. The van der Waals surface area contributed by atoms with Gasteiger partial charge in [-0.2, -0.15) is 0 Å². The zero-order chi connectivity index (χ0) is 27.6. The number of hydrogen-bond donors (Lipinski definition) is 0. The zero-order valence-electron chi connectivity index (χ0n) is 25.2. The van der Waals surface area contributed by atoms with Crippen molar-refractivity contribution in [3.63, 3.8) is 0 Å². The summed E-state index contributed by atoms with van der Waals surface area (Å²) >= 11 is 0. The Morgan fingerprint density at radius 1 is 0.897 bits per heavy atom. The lowest BCUT2D eigenvalue weighted by atomic mass is 9.44. The lowest BCUT2D eigenvalue weighted by Gasteiger charge is -2.62. The van der Waals surface area contributed by atoms with Crippen LogP contribution in [-0.4, -0.2) is 92.1 Å². The Kier molecular flexibility index (Phi) is 7.36. The van der Waals surface area contributed by atoms with Crippen LogP contribution in [0.15, 0.2) is 0 Å². The van der Waals surface area contributed by atoms with Gasteiger partial charge in [-0.3, -0.25) is 14.5 Å². The Morgan fingerprint density at radius 2 is 1.59 bits per heavy atom. The maximum Gasteiger partial charge on any atom is 0.303 e. The number of likely N-dealkylation sites (tertiary alicyclic amines) is 1. The second-order valence-electron chi connectivity index (χ2n) is 15.0. The van der Waals surface area contributed by atoms with Gasteiger partial charge in [-0.25, -0.2) is 0 Å². The van der Waals surface area contributed by atoms with Crippen LogP contribution < -0.4 is 0 Å². The number of carbonyl (C=O) groups is 2. The van der Waals surface area contributed by atoms with Gasteiger partial charge >= 0.3 is 11.9 Å². The van der Waals surface area contributed by atoms with Crippen molar-refractivity contribution in [3.05, 3.63) is 0 Å². The van der Waals surface area contributed by atoms with E-state index in [1.54, 1.807) is 13.8 Å². The number of hydrogen-bond acceptors (Lipinski definition) is 6. The van der Waals surface area contributed by atoms with Crippen LogP contribution in [0.5, 0.6) is 0 Å². The van der Waals surface area contributed by atoms with E-state index in [9.17, 15) is 9.59 Å². The van der Waals surface area contributed by atoms with Crippen molar-refractivity contribution < 1.29 is 28.3 Å². The number of ether oxygens (including phenoxy) is 3. The van der Waals surface area contributed by atoms with Crippen molar-refractivity contribution in [1.29, 1.82) is 0 Å². The van der Waals surface area contributed by atoms with E-state index in [-0.39, 0.29) is 41.0 Å². The van der Waals surface area contributed by atoms with Gasteiger partial charge in [-0.15, -0.1) is 0 Å². The molecule has 4 saturated carbocycles. The topological polar surface area (TPSA) is 65.1 Å². The summed E-state index contributed by atoms with van der Waals surface area (Å²) in [7, 11) is 2.44. The van der Waals surface area contributed by atoms with E-state index in [1.807, 2.05) is 0 Å². The van der Waals surface area contributed by atoms with Gasteiger partial charge in [0.05, 0.1) is 33.4 Å². The Labute approximate surface area is 235 Å². The fraction of sp³-hybridized carbons (Fsp3) is 0.938. The fourth-order valence-corrected chi connectivity index (χ4v) is 11.2. The molecular formula is C32H53N2O5+. The minimum absolute atomic E-state index is 0.00657. The molecule has 6 fully saturated rings. The van der Waals surface area contributed by atoms with Crippen LogP contribution >= 0.6 is 0 Å². The highest BCUT2D eigenvalue weighted by Crippen LogP contribution is 2.67. The zero-order valence-corrected chi connectivity index (χ0v) is 25.2. The molecule has 220 valence electrons. The quantitative estimate of drug-likeness (QED) is 0.385. The van der Waals surface area contributed by atoms with Gasteiger partial charge in [0, 0.05) is 57.7 Å². The van der Waals surface area contributed by atoms with Crippen LogP contribution in [-0.2, 0) is 23.8 Å². The molecule has 6 rings (SSSR count). The molecule has 0 N–H and O–H groups in total. The van der Waals surface area contributed by atoms with Crippen molar-refractivity contribution in [2.45, 2.75) is 110 Å². The summed E-state index contributed by atoms with van der Waals surface area (Å²) in [6.07, 6.45) is 10.8. The normalized spacial score (nSPS) is 47.5. The minimum Gasteiger partial charge on any atom is -0.461 e. The number of nitrogens with zero attached hydrogens (tertiary/aromatic N) is 2. The molecule has 0 bridgehead atoms. The predicted octanol–water partition coefficient (Wildman–Crippen LogP) is 4.42. The highest BCUT2D eigenvalue weighted by molar-refractivity contribution is 5.66. The van der Waals surface area contributed by atoms with Crippen molar-refractivity contribution in [3.8, 4) is 0 Å². The molecule has 0 aromatic carbocycles. The molecule has 39 heavy (non-hydrogen) atoms. The van der Waals surface area contributed by atoms with Gasteiger partial charge in [0.2, 0.25) is 0 Å². The monoisotopic (exact) mass is 545 g/mol. The number of quaternary nitrogens is 1. The average molecular weight is 546 g/mol. The lowest BCUT2D eigenvalue weighted by molar-refractivity contribution is -0.924. The highest BCUT2D eigenvalue weighted by Gasteiger charge is 2.67. The van der Waals surface area contributed by atoms with Crippen molar-refractivity contribution in [1.82, 2.24) is 4.90 Å². The molecule has 6 aliphatic rings. The Morgan fingerprint density at radius 3 is 2.26 bits per heavy atom. The highest BCUT2D eigenvalue weighted by atomic mass is 16.5. The van der Waals surface area contributed by atoms with Gasteiger partial charge in [0.25, 0.3) is 0 Å². The third-order valence-electron chi connectivity index (χ3n) is 13.1. The van der Waals surface area contributed by atoms with Crippen LogP contribution in [0.2, 0.25) is 0 Å². The molecule has 0 radical (unpaired) electrons. The number of carbonyl (C=O) groups excluding carboxylic acids is 2. The number of esters is 2. The molecule has 2 aliphatic heterocycles.